The van der Waals surface area contributed by atoms with Gasteiger partial charge in [-0.2, -0.15) is 0 Å². The first-order valence-electron chi connectivity index (χ1n) is 7.98. The van der Waals surface area contributed by atoms with Gasteiger partial charge in [-0.3, -0.25) is 9.78 Å². The number of pyridine rings is 1. The first-order chi connectivity index (χ1) is 11.5. The van der Waals surface area contributed by atoms with Crippen LogP contribution >= 0.6 is 0 Å². The van der Waals surface area contributed by atoms with E-state index in [2.05, 4.69) is 20.3 Å². The van der Waals surface area contributed by atoms with Crippen LogP contribution in [0.4, 0.5) is 4.79 Å². The summed E-state index contributed by atoms with van der Waals surface area (Å²) < 4.78 is 0. The Hall–Kier alpha value is -2.70. The lowest BCUT2D eigenvalue weighted by molar-refractivity contribution is 0.188. The van der Waals surface area contributed by atoms with Crippen molar-refractivity contribution in [3.8, 4) is 0 Å². The van der Waals surface area contributed by atoms with E-state index in [9.17, 15) is 9.59 Å². The predicted octanol–water partition coefficient (Wildman–Crippen LogP) is 1.81. The number of aromatic amines is 1. The molecule has 7 heteroatoms. The summed E-state index contributed by atoms with van der Waals surface area (Å²) >= 11 is 0. The summed E-state index contributed by atoms with van der Waals surface area (Å²) in [7, 11) is 1.77. The van der Waals surface area contributed by atoms with Crippen molar-refractivity contribution in [1.82, 2.24) is 25.2 Å². The fourth-order valence-electron chi connectivity index (χ4n) is 2.62. The van der Waals surface area contributed by atoms with E-state index < -0.39 is 0 Å². The highest BCUT2D eigenvalue weighted by molar-refractivity contribution is 5.74. The van der Waals surface area contributed by atoms with Crippen molar-refractivity contribution in [3.63, 3.8) is 0 Å². The zero-order valence-corrected chi connectivity index (χ0v) is 14.2. The van der Waals surface area contributed by atoms with Gasteiger partial charge in [0.15, 0.2) is 0 Å². The van der Waals surface area contributed by atoms with Gasteiger partial charge in [0.2, 0.25) is 0 Å². The topological polar surface area (TPSA) is 91.0 Å². The molecule has 0 bridgehead atoms. The summed E-state index contributed by atoms with van der Waals surface area (Å²) in [4.78, 5) is 36.4. The Bertz CT molecular complexity index is 729. The summed E-state index contributed by atoms with van der Waals surface area (Å²) in [6.45, 7) is 4.20. The SMILES string of the molecule is CC[C@@H](c1cccnc1)N(C)C(=O)NCCc1nc(C)cc(=O)[nH]1. The van der Waals surface area contributed by atoms with Crippen LogP contribution in [-0.4, -0.2) is 39.5 Å². The van der Waals surface area contributed by atoms with Gasteiger partial charge in [0, 0.05) is 44.2 Å². The van der Waals surface area contributed by atoms with Gasteiger partial charge in [0.1, 0.15) is 5.82 Å². The quantitative estimate of drug-likeness (QED) is 0.845. The molecule has 0 fully saturated rings. The van der Waals surface area contributed by atoms with E-state index in [4.69, 9.17) is 0 Å². The van der Waals surface area contributed by atoms with Crippen molar-refractivity contribution in [2.24, 2.45) is 0 Å². The van der Waals surface area contributed by atoms with Gasteiger partial charge >= 0.3 is 6.03 Å². The lowest BCUT2D eigenvalue weighted by Crippen LogP contribution is -2.40. The molecule has 1 atom stereocenters. The van der Waals surface area contributed by atoms with Crippen LogP contribution in [0.1, 0.15) is 36.5 Å². The van der Waals surface area contributed by atoms with Gasteiger partial charge in [0.05, 0.1) is 6.04 Å². The molecule has 0 aromatic carbocycles. The van der Waals surface area contributed by atoms with E-state index in [0.717, 1.165) is 12.0 Å². The number of aryl methyl sites for hydroxylation is 1. The third kappa shape index (κ3) is 4.65. The third-order valence-electron chi connectivity index (χ3n) is 3.80. The Balaban J connectivity index is 1.92. The molecule has 2 amide bonds. The average Bonchev–Trinajstić information content (AvgIpc) is 2.55. The van der Waals surface area contributed by atoms with Gasteiger partial charge in [-0.15, -0.1) is 0 Å². The van der Waals surface area contributed by atoms with E-state index in [0.29, 0.717) is 24.5 Å². The maximum Gasteiger partial charge on any atom is 0.317 e. The minimum absolute atomic E-state index is 0.0319. The molecule has 2 aromatic rings. The minimum Gasteiger partial charge on any atom is -0.338 e. The number of hydrogen-bond donors (Lipinski definition) is 2. The largest absolute Gasteiger partial charge is 0.338 e. The molecule has 2 N–H and O–H groups in total. The molecule has 24 heavy (non-hydrogen) atoms. The normalized spacial score (nSPS) is 11.8. The standard InChI is InChI=1S/C17H23N5O2/c1-4-14(13-6-5-8-18-11-13)22(3)17(24)19-9-7-15-20-12(2)10-16(23)21-15/h5-6,8,10-11,14H,4,7,9H2,1-3H3,(H,19,24)(H,20,21,23)/t14-/m0/s1. The zero-order chi connectivity index (χ0) is 17.5. The van der Waals surface area contributed by atoms with Crippen LogP contribution in [0.2, 0.25) is 0 Å². The number of aromatic nitrogens is 3. The average molecular weight is 329 g/mol. The van der Waals surface area contributed by atoms with Crippen molar-refractivity contribution in [2.75, 3.05) is 13.6 Å². The summed E-state index contributed by atoms with van der Waals surface area (Å²) in [6.07, 6.45) is 4.76. The molecule has 0 radical (unpaired) electrons. The number of rotatable bonds is 6. The molecule has 2 heterocycles. The van der Waals surface area contributed by atoms with Crippen LogP contribution in [0.3, 0.4) is 0 Å². The fourth-order valence-corrected chi connectivity index (χ4v) is 2.62. The zero-order valence-electron chi connectivity index (χ0n) is 14.2. The molecule has 0 saturated carbocycles. The van der Waals surface area contributed by atoms with Crippen molar-refractivity contribution in [2.45, 2.75) is 32.7 Å². The van der Waals surface area contributed by atoms with E-state index in [1.165, 1.54) is 6.07 Å². The number of amides is 2. The molecule has 0 aliphatic rings. The number of urea groups is 1. The Kier molecular flexibility index (Phi) is 6.06. The van der Waals surface area contributed by atoms with Crippen LogP contribution < -0.4 is 10.9 Å². The van der Waals surface area contributed by atoms with Crippen molar-refractivity contribution < 1.29 is 4.79 Å². The summed E-state index contributed by atoms with van der Waals surface area (Å²) in [5.74, 6) is 0.572. The van der Waals surface area contributed by atoms with Crippen LogP contribution in [0.5, 0.6) is 0 Å². The highest BCUT2D eigenvalue weighted by Crippen LogP contribution is 2.21. The Labute approximate surface area is 141 Å². The lowest BCUT2D eigenvalue weighted by Gasteiger charge is -2.27. The summed E-state index contributed by atoms with van der Waals surface area (Å²) in [6, 6.07) is 5.07. The van der Waals surface area contributed by atoms with Crippen molar-refractivity contribution in [3.05, 3.63) is 58.0 Å². The second-order valence-electron chi connectivity index (χ2n) is 5.64. The van der Waals surface area contributed by atoms with Crippen LogP contribution in [-0.2, 0) is 6.42 Å². The first kappa shape index (κ1) is 17.7. The number of H-pyrrole nitrogens is 1. The van der Waals surface area contributed by atoms with Gasteiger partial charge in [-0.1, -0.05) is 13.0 Å². The molecule has 0 unspecified atom stereocenters. The third-order valence-corrected chi connectivity index (χ3v) is 3.80. The van der Waals surface area contributed by atoms with Gasteiger partial charge < -0.3 is 15.2 Å². The van der Waals surface area contributed by atoms with Gasteiger partial charge in [0.25, 0.3) is 5.56 Å². The second-order valence-corrected chi connectivity index (χ2v) is 5.64. The van der Waals surface area contributed by atoms with Crippen molar-refractivity contribution in [1.29, 1.82) is 0 Å². The number of carbonyl (C=O) groups is 1. The highest BCUT2D eigenvalue weighted by atomic mass is 16.2. The molecule has 0 spiro atoms. The monoisotopic (exact) mass is 329 g/mol. The Morgan fingerprint density at radius 3 is 2.88 bits per heavy atom. The number of nitrogens with one attached hydrogen (secondary N) is 2. The smallest absolute Gasteiger partial charge is 0.317 e. The molecule has 7 nitrogen and oxygen atoms in total. The highest BCUT2D eigenvalue weighted by Gasteiger charge is 2.19. The lowest BCUT2D eigenvalue weighted by atomic mass is 10.1. The Morgan fingerprint density at radius 1 is 1.46 bits per heavy atom. The summed E-state index contributed by atoms with van der Waals surface area (Å²) in [5.41, 5.74) is 1.49. The predicted molar refractivity (Wildman–Crippen MR) is 91.7 cm³/mol. The van der Waals surface area contributed by atoms with E-state index in [1.807, 2.05) is 19.1 Å². The van der Waals surface area contributed by atoms with Gasteiger partial charge in [-0.05, 0) is 25.0 Å². The molecule has 2 rings (SSSR count). The molecule has 128 valence electrons. The summed E-state index contributed by atoms with van der Waals surface area (Å²) in [5, 5.41) is 2.86. The number of nitrogens with zero attached hydrogens (tertiary/aromatic N) is 3. The second kappa shape index (κ2) is 8.24. The van der Waals surface area contributed by atoms with E-state index in [1.54, 1.807) is 31.3 Å². The first-order valence-corrected chi connectivity index (χ1v) is 7.98. The number of carbonyl (C=O) groups excluding carboxylic acids is 1. The fraction of sp³-hybridized carbons (Fsp3) is 0.412. The molecular formula is C17H23N5O2. The molecule has 0 saturated heterocycles. The minimum atomic E-state index is -0.177. The molecule has 0 aliphatic carbocycles. The van der Waals surface area contributed by atoms with Crippen molar-refractivity contribution >= 4 is 6.03 Å². The van der Waals surface area contributed by atoms with Crippen LogP contribution in [0.25, 0.3) is 0 Å². The molecular weight excluding hydrogens is 306 g/mol. The molecule has 0 aliphatic heterocycles. The Morgan fingerprint density at radius 2 is 2.25 bits per heavy atom. The van der Waals surface area contributed by atoms with E-state index in [-0.39, 0.29) is 17.6 Å². The van der Waals surface area contributed by atoms with E-state index >= 15 is 0 Å². The van der Waals surface area contributed by atoms with Crippen LogP contribution in [0.15, 0.2) is 35.4 Å². The van der Waals surface area contributed by atoms with Gasteiger partial charge in [-0.25, -0.2) is 9.78 Å². The number of hydrogen-bond acceptors (Lipinski definition) is 4. The maximum absolute atomic E-state index is 12.3. The van der Waals surface area contributed by atoms with Crippen LogP contribution in [0, 0.1) is 6.92 Å². The maximum atomic E-state index is 12.3. The molecule has 2 aromatic heterocycles.